The summed E-state index contributed by atoms with van der Waals surface area (Å²) in [4.78, 5) is 61.8. The van der Waals surface area contributed by atoms with Gasteiger partial charge in [-0.3, -0.25) is 19.2 Å². The number of pyridine rings is 1. The minimum Gasteiger partial charge on any atom is -0.344 e. The van der Waals surface area contributed by atoms with E-state index in [4.69, 9.17) is 0 Å². The summed E-state index contributed by atoms with van der Waals surface area (Å²) < 4.78 is 1.72. The minimum absolute atomic E-state index is 0.145. The van der Waals surface area contributed by atoms with Crippen molar-refractivity contribution in [1.29, 1.82) is 5.26 Å². The van der Waals surface area contributed by atoms with Crippen LogP contribution in [-0.4, -0.2) is 73.4 Å². The van der Waals surface area contributed by atoms with Gasteiger partial charge in [0.15, 0.2) is 0 Å². The first-order valence-corrected chi connectivity index (χ1v) is 12.8. The van der Waals surface area contributed by atoms with E-state index in [-0.39, 0.29) is 54.3 Å². The lowest BCUT2D eigenvalue weighted by atomic mass is 10.0. The molecule has 0 radical (unpaired) electrons. The van der Waals surface area contributed by atoms with Crippen molar-refractivity contribution < 1.29 is 14.4 Å². The van der Waals surface area contributed by atoms with Crippen LogP contribution in [0, 0.1) is 31.1 Å². The van der Waals surface area contributed by atoms with Gasteiger partial charge in [0.05, 0.1) is 18.2 Å². The lowest BCUT2D eigenvalue weighted by molar-refractivity contribution is -0.138. The van der Waals surface area contributed by atoms with Gasteiger partial charge in [-0.15, -0.1) is 0 Å². The number of nitrogens with one attached hydrogen (secondary N) is 2. The topological polar surface area (TPSA) is 157 Å². The van der Waals surface area contributed by atoms with Gasteiger partial charge in [-0.25, -0.2) is 9.67 Å². The summed E-state index contributed by atoms with van der Waals surface area (Å²) in [6.45, 7) is 9.98. The van der Waals surface area contributed by atoms with Crippen LogP contribution in [0.25, 0.3) is 0 Å². The molecule has 3 heterocycles. The number of amides is 3. The monoisotopic (exact) mass is 524 g/mol. The van der Waals surface area contributed by atoms with Crippen molar-refractivity contribution in [3.05, 3.63) is 44.9 Å². The number of aromatic nitrogens is 4. The predicted octanol–water partition coefficient (Wildman–Crippen LogP) is 1.44. The molecule has 0 bridgehead atoms. The molecule has 0 aromatic carbocycles. The van der Waals surface area contributed by atoms with Crippen molar-refractivity contribution in [1.82, 2.24) is 34.9 Å². The van der Waals surface area contributed by atoms with Crippen molar-refractivity contribution >= 4 is 17.7 Å². The highest BCUT2D eigenvalue weighted by Gasteiger charge is 2.29. The van der Waals surface area contributed by atoms with E-state index in [0.717, 1.165) is 0 Å². The maximum Gasteiger partial charge on any atom is 0.266 e. The molecule has 12 heteroatoms. The third kappa shape index (κ3) is 6.45. The number of hydrogen-bond donors (Lipinski definition) is 2. The number of rotatable bonds is 3. The van der Waals surface area contributed by atoms with E-state index in [1.54, 1.807) is 37.4 Å². The molecular weight excluding hydrogens is 488 g/mol. The van der Waals surface area contributed by atoms with Gasteiger partial charge in [-0.1, -0.05) is 13.8 Å². The van der Waals surface area contributed by atoms with Crippen LogP contribution >= 0.6 is 0 Å². The highest BCUT2D eigenvalue weighted by atomic mass is 16.2. The van der Waals surface area contributed by atoms with Crippen molar-refractivity contribution in [3.63, 3.8) is 0 Å². The predicted molar refractivity (Wildman–Crippen MR) is 139 cm³/mol. The Morgan fingerprint density at radius 1 is 1.21 bits per heavy atom. The summed E-state index contributed by atoms with van der Waals surface area (Å²) in [5.74, 6) is 0.539. The number of likely N-dealkylation sites (N-methyl/N-ethyl adjacent to an activating group) is 1. The summed E-state index contributed by atoms with van der Waals surface area (Å²) in [5, 5.41) is 16.9. The number of aryl methyl sites for hydroxylation is 2. The summed E-state index contributed by atoms with van der Waals surface area (Å²) in [5.41, 5.74) is -0.112. The number of carbonyl (C=O) groups is 3. The molecule has 2 atom stereocenters. The summed E-state index contributed by atoms with van der Waals surface area (Å²) >= 11 is 0. The number of nitrogens with zero attached hydrogens (tertiary/aromatic N) is 6. The lowest BCUT2D eigenvalue weighted by Crippen LogP contribution is -2.47. The molecule has 12 nitrogen and oxygen atoms in total. The average molecular weight is 525 g/mol. The quantitative estimate of drug-likeness (QED) is 0.615. The van der Waals surface area contributed by atoms with E-state index in [1.807, 2.05) is 19.9 Å². The molecule has 0 saturated carbocycles. The normalized spacial score (nSPS) is 19.5. The minimum atomic E-state index is -0.691. The van der Waals surface area contributed by atoms with E-state index in [1.165, 1.54) is 11.0 Å². The molecule has 2 aromatic rings. The Morgan fingerprint density at radius 3 is 2.58 bits per heavy atom. The number of fused-ring (bicyclic) bond motifs is 1. The van der Waals surface area contributed by atoms with E-state index < -0.39 is 17.6 Å². The van der Waals surface area contributed by atoms with Gasteiger partial charge >= 0.3 is 0 Å². The van der Waals surface area contributed by atoms with Crippen molar-refractivity contribution in [2.45, 2.75) is 72.5 Å². The zero-order valence-corrected chi connectivity index (χ0v) is 22.9. The molecule has 2 N–H and O–H groups in total. The zero-order valence-electron chi connectivity index (χ0n) is 22.9. The van der Waals surface area contributed by atoms with Crippen LogP contribution in [0.3, 0.4) is 0 Å². The molecule has 3 rings (SSSR count). The number of H-pyrrole nitrogens is 1. The van der Waals surface area contributed by atoms with Gasteiger partial charge in [0, 0.05) is 32.3 Å². The summed E-state index contributed by atoms with van der Waals surface area (Å²) in [6.07, 6.45) is 1.13. The molecule has 0 saturated heterocycles. The average Bonchev–Trinajstić information content (AvgIpc) is 3.23. The van der Waals surface area contributed by atoms with Gasteiger partial charge in [0.25, 0.3) is 11.5 Å². The number of carbonyl (C=O) groups excluding carboxylic acids is 3. The Kier molecular flexibility index (Phi) is 9.04. The van der Waals surface area contributed by atoms with Crippen molar-refractivity contribution in [3.8, 4) is 6.07 Å². The van der Waals surface area contributed by atoms with Crippen LogP contribution < -0.4 is 10.9 Å². The second kappa shape index (κ2) is 12.0. The fourth-order valence-corrected chi connectivity index (χ4v) is 4.51. The van der Waals surface area contributed by atoms with Crippen LogP contribution in [0.5, 0.6) is 0 Å². The molecule has 204 valence electrons. The second-order valence-corrected chi connectivity index (χ2v) is 10.2. The Hall–Kier alpha value is -4.01. The van der Waals surface area contributed by atoms with Crippen molar-refractivity contribution in [2.75, 3.05) is 20.1 Å². The first kappa shape index (κ1) is 28.6. The first-order valence-electron chi connectivity index (χ1n) is 12.8. The number of hydrogen-bond acceptors (Lipinski definition) is 7. The molecule has 3 amide bonds. The molecule has 0 fully saturated rings. The molecule has 38 heavy (non-hydrogen) atoms. The Labute approximate surface area is 222 Å². The molecule has 1 aliphatic heterocycles. The SMILES string of the molecule is Cc1nc2n(n1)CCN(C(=O)c1cc(C#N)c(=O)[nH]c1C)CCCC(=O)N(C)[C@@H](C)C(=O)N[C@@H]2CC(C)C. The van der Waals surface area contributed by atoms with E-state index >= 15 is 0 Å². The van der Waals surface area contributed by atoms with Crippen LogP contribution in [0.2, 0.25) is 0 Å². The maximum absolute atomic E-state index is 13.6. The van der Waals surface area contributed by atoms with E-state index in [0.29, 0.717) is 36.7 Å². The number of nitriles is 1. The molecule has 0 aliphatic carbocycles. The third-order valence-corrected chi connectivity index (χ3v) is 6.77. The van der Waals surface area contributed by atoms with Crippen LogP contribution in [0.15, 0.2) is 10.9 Å². The van der Waals surface area contributed by atoms with Crippen LogP contribution in [0.1, 0.15) is 79.3 Å². The van der Waals surface area contributed by atoms with Crippen molar-refractivity contribution in [2.24, 2.45) is 5.92 Å². The molecular formula is C26H36N8O4. The zero-order chi connectivity index (χ0) is 28.1. The smallest absolute Gasteiger partial charge is 0.266 e. The van der Waals surface area contributed by atoms with Crippen LogP contribution in [-0.2, 0) is 16.1 Å². The third-order valence-electron chi connectivity index (χ3n) is 6.77. The molecule has 0 spiro atoms. The van der Waals surface area contributed by atoms with Gasteiger partial charge < -0.3 is 20.1 Å². The number of aromatic amines is 1. The molecule has 0 unspecified atom stereocenters. The van der Waals surface area contributed by atoms with Gasteiger partial charge in [-0.05, 0) is 45.6 Å². The fourth-order valence-electron chi connectivity index (χ4n) is 4.51. The summed E-state index contributed by atoms with van der Waals surface area (Å²) in [7, 11) is 1.60. The maximum atomic E-state index is 13.6. The second-order valence-electron chi connectivity index (χ2n) is 10.2. The lowest BCUT2D eigenvalue weighted by Gasteiger charge is -2.29. The van der Waals surface area contributed by atoms with Gasteiger partial charge in [0.2, 0.25) is 11.8 Å². The Bertz CT molecular complexity index is 1310. The highest BCUT2D eigenvalue weighted by Crippen LogP contribution is 2.22. The summed E-state index contributed by atoms with van der Waals surface area (Å²) in [6, 6.07) is 2.01. The van der Waals surface area contributed by atoms with Gasteiger partial charge in [0.1, 0.15) is 29.3 Å². The Morgan fingerprint density at radius 2 is 1.92 bits per heavy atom. The van der Waals surface area contributed by atoms with E-state index in [9.17, 15) is 24.4 Å². The Balaban J connectivity index is 2.02. The highest BCUT2D eigenvalue weighted by molar-refractivity contribution is 5.95. The standard InChI is InChI=1S/C26H36N8O4/c1-15(2)12-21-23-29-18(5)31-34(23)11-10-33(9-7-8-22(35)32(6)17(4)24(36)30-21)26(38)20-13-19(14-27)25(37)28-16(20)3/h13,15,17,21H,7-12H2,1-6H3,(H,28,37)(H,30,36)/t17-,21+/m0/s1. The molecule has 1 aliphatic rings. The van der Waals surface area contributed by atoms with E-state index in [2.05, 4.69) is 20.4 Å². The molecule has 2 aromatic heterocycles. The largest absolute Gasteiger partial charge is 0.344 e. The van der Waals surface area contributed by atoms with Crippen LogP contribution in [0.4, 0.5) is 0 Å². The fraction of sp³-hybridized carbons (Fsp3) is 0.577. The van der Waals surface area contributed by atoms with Gasteiger partial charge in [-0.2, -0.15) is 10.4 Å². The first-order chi connectivity index (χ1) is 17.9.